The molecule has 1 atom stereocenters. The van der Waals surface area contributed by atoms with E-state index in [9.17, 15) is 4.79 Å². The minimum absolute atomic E-state index is 0.00533. The zero-order valence-corrected chi connectivity index (χ0v) is 24.2. The van der Waals surface area contributed by atoms with Gasteiger partial charge in [0.25, 0.3) is 5.56 Å². The lowest BCUT2D eigenvalue weighted by atomic mass is 9.83. The van der Waals surface area contributed by atoms with Crippen molar-refractivity contribution in [2.24, 2.45) is 4.99 Å². The molecule has 40 heavy (non-hydrogen) atoms. The Morgan fingerprint density at radius 1 is 0.950 bits per heavy atom. The van der Waals surface area contributed by atoms with E-state index < -0.39 is 0 Å². The number of rotatable bonds is 3. The van der Waals surface area contributed by atoms with Crippen LogP contribution in [0.25, 0.3) is 17.5 Å². The van der Waals surface area contributed by atoms with E-state index in [0.717, 1.165) is 51.5 Å². The molecule has 2 aromatic heterocycles. The highest BCUT2D eigenvalue weighted by atomic mass is 35.5. The van der Waals surface area contributed by atoms with E-state index in [2.05, 4.69) is 79.9 Å². The minimum atomic E-state index is -0.209. The highest BCUT2D eigenvalue weighted by Gasteiger charge is 2.32. The second-order valence-electron chi connectivity index (χ2n) is 10.7. The lowest BCUT2D eigenvalue weighted by Gasteiger charge is -2.30. The molecular weight excluding hydrogens is 534 g/mol. The Morgan fingerprint density at radius 3 is 2.48 bits per heavy atom. The van der Waals surface area contributed by atoms with Gasteiger partial charge in [-0.05, 0) is 92.3 Å². The highest BCUT2D eigenvalue weighted by molar-refractivity contribution is 7.07. The van der Waals surface area contributed by atoms with Crippen molar-refractivity contribution in [2.75, 3.05) is 0 Å². The van der Waals surface area contributed by atoms with Crippen LogP contribution in [0, 0.1) is 20.8 Å². The maximum atomic E-state index is 14.1. The lowest BCUT2D eigenvalue weighted by molar-refractivity contribution is 0.585. The highest BCUT2D eigenvalue weighted by Crippen LogP contribution is 2.41. The van der Waals surface area contributed by atoms with Gasteiger partial charge in [0, 0.05) is 27.7 Å². The quantitative estimate of drug-likeness (QED) is 0.242. The Bertz CT molecular complexity index is 2010. The molecule has 1 aliphatic heterocycles. The van der Waals surface area contributed by atoms with Crippen molar-refractivity contribution >= 4 is 34.7 Å². The predicted octanol–water partition coefficient (Wildman–Crippen LogP) is 6.69. The number of aromatic nitrogens is 2. The zero-order valence-electron chi connectivity index (χ0n) is 22.6. The van der Waals surface area contributed by atoms with Crippen LogP contribution in [0.4, 0.5) is 0 Å². The maximum absolute atomic E-state index is 14.1. The van der Waals surface area contributed by atoms with Crippen LogP contribution >= 0.6 is 22.9 Å². The summed E-state index contributed by atoms with van der Waals surface area (Å²) >= 11 is 7.73. The number of aryl methyl sites for hydroxylation is 3. The molecule has 0 unspecified atom stereocenters. The van der Waals surface area contributed by atoms with E-state index in [4.69, 9.17) is 16.6 Å². The van der Waals surface area contributed by atoms with Gasteiger partial charge < -0.3 is 4.57 Å². The molecule has 0 radical (unpaired) electrons. The van der Waals surface area contributed by atoms with Crippen LogP contribution in [0.2, 0.25) is 5.02 Å². The fourth-order valence-corrected chi connectivity index (χ4v) is 7.25. The molecule has 2 aliphatic rings. The first kappa shape index (κ1) is 25.1. The molecule has 0 fully saturated rings. The van der Waals surface area contributed by atoms with Gasteiger partial charge >= 0.3 is 0 Å². The van der Waals surface area contributed by atoms with E-state index in [0.29, 0.717) is 9.55 Å². The summed E-state index contributed by atoms with van der Waals surface area (Å²) in [6.45, 7) is 6.32. The number of halogens is 1. The van der Waals surface area contributed by atoms with Crippen LogP contribution in [0.1, 0.15) is 51.7 Å². The lowest BCUT2D eigenvalue weighted by Crippen LogP contribution is -2.38. The largest absolute Gasteiger partial charge is 0.318 e. The topological polar surface area (TPSA) is 39.3 Å². The molecule has 1 aliphatic carbocycles. The van der Waals surface area contributed by atoms with E-state index in [-0.39, 0.29) is 11.6 Å². The van der Waals surface area contributed by atoms with Crippen molar-refractivity contribution < 1.29 is 0 Å². The molecule has 3 heterocycles. The van der Waals surface area contributed by atoms with Gasteiger partial charge in [0.2, 0.25) is 0 Å². The molecule has 198 valence electrons. The van der Waals surface area contributed by atoms with Crippen molar-refractivity contribution in [2.45, 2.75) is 39.7 Å². The smallest absolute Gasteiger partial charge is 0.271 e. The van der Waals surface area contributed by atoms with E-state index in [1.54, 1.807) is 0 Å². The molecule has 0 amide bonds. The number of thiazole rings is 1. The second-order valence-corrected chi connectivity index (χ2v) is 12.1. The number of hydrogen-bond donors (Lipinski definition) is 0. The number of allylic oxidation sites excluding steroid dienone is 1. The fraction of sp³-hybridized carbons (Fsp3) is 0.176. The summed E-state index contributed by atoms with van der Waals surface area (Å²) in [6.07, 6.45) is 3.83. The first-order valence-electron chi connectivity index (χ1n) is 13.5. The molecule has 0 spiro atoms. The Balaban J connectivity index is 1.43. The summed E-state index contributed by atoms with van der Waals surface area (Å²) in [5, 5.41) is 0.684. The van der Waals surface area contributed by atoms with Gasteiger partial charge in [-0.25, -0.2) is 4.99 Å². The Morgan fingerprint density at radius 2 is 1.70 bits per heavy atom. The van der Waals surface area contributed by atoms with Crippen molar-refractivity contribution in [3.63, 3.8) is 0 Å². The Kier molecular flexibility index (Phi) is 6.02. The number of hydrogen-bond acceptors (Lipinski definition) is 3. The maximum Gasteiger partial charge on any atom is 0.271 e. The summed E-state index contributed by atoms with van der Waals surface area (Å²) in [6, 6.07) is 26.9. The SMILES string of the molecule is Cc1ccc(-n2c(C)cc(/C=c3/sc4n(c3=O)[C@H](c3ccc(Cl)cc3)C3=C(N=4)c4ccccc4CC3)c2C)cc1. The van der Waals surface area contributed by atoms with Crippen molar-refractivity contribution in [1.29, 1.82) is 0 Å². The summed E-state index contributed by atoms with van der Waals surface area (Å²) < 4.78 is 4.83. The summed E-state index contributed by atoms with van der Waals surface area (Å²) in [5.74, 6) is 0. The van der Waals surface area contributed by atoms with Crippen LogP contribution in [-0.4, -0.2) is 9.13 Å². The molecule has 0 N–H and O–H groups in total. The van der Waals surface area contributed by atoms with Crippen molar-refractivity contribution in [1.82, 2.24) is 9.13 Å². The van der Waals surface area contributed by atoms with Gasteiger partial charge in [0.1, 0.15) is 0 Å². The molecule has 0 saturated heterocycles. The first-order valence-corrected chi connectivity index (χ1v) is 14.7. The zero-order chi connectivity index (χ0) is 27.5. The Labute approximate surface area is 241 Å². The molecular formula is C34H28ClN3OS. The van der Waals surface area contributed by atoms with Crippen molar-refractivity contribution in [3.8, 4) is 5.69 Å². The van der Waals surface area contributed by atoms with Crippen LogP contribution in [0.5, 0.6) is 0 Å². The average Bonchev–Trinajstić information content (AvgIpc) is 3.42. The fourth-order valence-electron chi connectivity index (χ4n) is 6.13. The average molecular weight is 562 g/mol. The molecule has 4 nitrogen and oxygen atoms in total. The molecule has 0 saturated carbocycles. The monoisotopic (exact) mass is 561 g/mol. The van der Waals surface area contributed by atoms with E-state index >= 15 is 0 Å². The van der Waals surface area contributed by atoms with Gasteiger partial charge in [0.05, 0.1) is 16.3 Å². The van der Waals surface area contributed by atoms with Crippen LogP contribution in [-0.2, 0) is 6.42 Å². The Hall–Kier alpha value is -3.93. The van der Waals surface area contributed by atoms with Gasteiger partial charge in [-0.15, -0.1) is 0 Å². The number of nitrogens with zero attached hydrogens (tertiary/aromatic N) is 3. The van der Waals surface area contributed by atoms with Gasteiger partial charge in [0.15, 0.2) is 4.80 Å². The third-order valence-corrected chi connectivity index (χ3v) is 9.34. The molecule has 6 heteroatoms. The van der Waals surface area contributed by atoms with Gasteiger partial charge in [-0.1, -0.05) is 77.0 Å². The third kappa shape index (κ3) is 4.04. The normalized spacial score (nSPS) is 16.4. The molecule has 0 bridgehead atoms. The molecule has 5 aromatic rings. The third-order valence-electron chi connectivity index (χ3n) is 8.11. The standard InChI is InChI=1S/C34H28ClN3OS/c1-20-8-15-27(16-9-20)37-21(2)18-25(22(37)3)19-30-33(39)38-32(24-10-13-26(35)14-11-24)29-17-12-23-6-4-5-7-28(23)31(29)36-34(38)40-30/h4-11,13-16,18-19,32H,12,17H2,1-3H3/b30-19+/t32-/m1/s1. The van der Waals surface area contributed by atoms with E-state index in [1.807, 2.05) is 34.9 Å². The second kappa shape index (κ2) is 9.61. The number of fused-ring (bicyclic) bond motifs is 3. The van der Waals surface area contributed by atoms with Crippen LogP contribution in [0.3, 0.4) is 0 Å². The number of benzene rings is 3. The first-order chi connectivity index (χ1) is 19.4. The van der Waals surface area contributed by atoms with Gasteiger partial charge in [-0.3, -0.25) is 9.36 Å². The summed E-state index contributed by atoms with van der Waals surface area (Å²) in [5.41, 5.74) is 11.4. The molecule has 3 aromatic carbocycles. The summed E-state index contributed by atoms with van der Waals surface area (Å²) in [7, 11) is 0. The molecule has 7 rings (SSSR count). The van der Waals surface area contributed by atoms with Crippen LogP contribution < -0.4 is 14.9 Å². The predicted molar refractivity (Wildman–Crippen MR) is 164 cm³/mol. The van der Waals surface area contributed by atoms with Gasteiger partial charge in [-0.2, -0.15) is 0 Å². The minimum Gasteiger partial charge on any atom is -0.318 e. The summed E-state index contributed by atoms with van der Waals surface area (Å²) in [4.78, 5) is 20.0. The van der Waals surface area contributed by atoms with E-state index in [1.165, 1.54) is 33.6 Å². The van der Waals surface area contributed by atoms with Crippen molar-refractivity contribution in [3.05, 3.63) is 148 Å². The van der Waals surface area contributed by atoms with Crippen LogP contribution in [0.15, 0.2) is 94.2 Å².